The Morgan fingerprint density at radius 3 is 2.65 bits per heavy atom. The number of ether oxygens (including phenoxy) is 1. The van der Waals surface area contributed by atoms with E-state index in [1.165, 1.54) is 19.3 Å². The van der Waals surface area contributed by atoms with E-state index in [2.05, 4.69) is 17.0 Å². The maximum absolute atomic E-state index is 11.3. The summed E-state index contributed by atoms with van der Waals surface area (Å²) in [5, 5.41) is 4.15. The molecule has 1 N–H and O–H groups in total. The van der Waals surface area contributed by atoms with Gasteiger partial charge in [0.05, 0.1) is 12.7 Å². The number of benzene rings is 1. The fourth-order valence-corrected chi connectivity index (χ4v) is 3.15. The summed E-state index contributed by atoms with van der Waals surface area (Å²) in [6.45, 7) is 2.25. The Hall–Kier alpha value is -1.16. The van der Waals surface area contributed by atoms with Gasteiger partial charge in [-0.25, -0.2) is 4.79 Å². The minimum atomic E-state index is -0.290. The highest BCUT2D eigenvalue weighted by molar-refractivity contribution is 8.00. The minimum absolute atomic E-state index is 0.290. The van der Waals surface area contributed by atoms with Crippen molar-refractivity contribution >= 4 is 23.4 Å². The Bertz CT molecular complexity index is 391. The Labute approximate surface area is 106 Å². The maximum Gasteiger partial charge on any atom is 0.337 e. The van der Waals surface area contributed by atoms with E-state index in [0.29, 0.717) is 16.9 Å². The molecule has 92 valence electrons. The number of esters is 1. The molecule has 3 nitrogen and oxygen atoms in total. The zero-order valence-corrected chi connectivity index (χ0v) is 10.9. The first-order valence-corrected chi connectivity index (χ1v) is 6.82. The number of hydrogen-bond acceptors (Lipinski definition) is 4. The maximum atomic E-state index is 11.3. The molecule has 1 aliphatic heterocycles. The predicted molar refractivity (Wildman–Crippen MR) is 71.7 cm³/mol. The first kappa shape index (κ1) is 12.3. The lowest BCUT2D eigenvalue weighted by Crippen LogP contribution is -2.24. The second-order valence-electron chi connectivity index (χ2n) is 4.18. The summed E-state index contributed by atoms with van der Waals surface area (Å²) in [5.41, 5.74) is 1.66. The Kier molecular flexibility index (Phi) is 3.94. The van der Waals surface area contributed by atoms with Gasteiger partial charge in [-0.2, -0.15) is 11.8 Å². The van der Waals surface area contributed by atoms with Crippen LogP contribution in [-0.4, -0.2) is 30.1 Å². The molecule has 2 rings (SSSR count). The van der Waals surface area contributed by atoms with Crippen LogP contribution in [0.25, 0.3) is 0 Å². The third-order valence-electron chi connectivity index (χ3n) is 3.03. The highest BCUT2D eigenvalue weighted by Gasteiger charge is 2.23. The van der Waals surface area contributed by atoms with Gasteiger partial charge in [-0.05, 0) is 36.4 Å². The smallest absolute Gasteiger partial charge is 0.337 e. The number of thioether (sulfide) groups is 1. The lowest BCUT2D eigenvalue weighted by atomic mass is 10.1. The van der Waals surface area contributed by atoms with Crippen LogP contribution in [0.15, 0.2) is 24.3 Å². The molecule has 0 amide bonds. The first-order valence-electron chi connectivity index (χ1n) is 5.77. The van der Waals surface area contributed by atoms with Crippen LogP contribution in [0.1, 0.15) is 23.7 Å². The van der Waals surface area contributed by atoms with Gasteiger partial charge in [0.25, 0.3) is 0 Å². The van der Waals surface area contributed by atoms with Gasteiger partial charge in [0.1, 0.15) is 0 Å². The molecule has 1 heterocycles. The van der Waals surface area contributed by atoms with E-state index in [-0.39, 0.29) is 5.97 Å². The molecule has 0 aromatic heterocycles. The van der Waals surface area contributed by atoms with Crippen LogP contribution in [0.4, 0.5) is 5.69 Å². The normalized spacial score (nSPS) is 23.4. The van der Waals surface area contributed by atoms with Crippen LogP contribution >= 0.6 is 11.8 Å². The molecule has 1 saturated heterocycles. The fourth-order valence-electron chi connectivity index (χ4n) is 1.96. The van der Waals surface area contributed by atoms with Crippen molar-refractivity contribution in [3.63, 3.8) is 0 Å². The average Bonchev–Trinajstić information content (AvgIpc) is 2.75. The monoisotopic (exact) mass is 251 g/mol. The summed E-state index contributed by atoms with van der Waals surface area (Å²) in [7, 11) is 1.39. The molecule has 0 bridgehead atoms. The van der Waals surface area contributed by atoms with Crippen molar-refractivity contribution in [3.05, 3.63) is 29.8 Å². The van der Waals surface area contributed by atoms with Crippen LogP contribution in [0.2, 0.25) is 0 Å². The van der Waals surface area contributed by atoms with Crippen LogP contribution in [-0.2, 0) is 4.74 Å². The van der Waals surface area contributed by atoms with Gasteiger partial charge in [-0.3, -0.25) is 0 Å². The van der Waals surface area contributed by atoms with Gasteiger partial charge in [0.15, 0.2) is 0 Å². The lowest BCUT2D eigenvalue weighted by molar-refractivity contribution is 0.0601. The molecule has 4 heteroatoms. The summed E-state index contributed by atoms with van der Waals surface area (Å²) in [5.74, 6) is 0.931. The van der Waals surface area contributed by atoms with Crippen molar-refractivity contribution in [2.75, 3.05) is 18.2 Å². The van der Waals surface area contributed by atoms with Gasteiger partial charge >= 0.3 is 5.97 Å². The molecule has 1 aromatic rings. The molecule has 2 atom stereocenters. The molecule has 1 fully saturated rings. The van der Waals surface area contributed by atoms with Crippen LogP contribution in [0.3, 0.4) is 0 Å². The first-order chi connectivity index (χ1) is 8.20. The number of carbonyl (C=O) groups is 1. The SMILES string of the molecule is COC(=O)c1ccc(NC2CCSC2C)cc1. The highest BCUT2D eigenvalue weighted by Crippen LogP contribution is 2.28. The number of rotatable bonds is 3. The van der Waals surface area contributed by atoms with Crippen molar-refractivity contribution in [3.8, 4) is 0 Å². The fraction of sp³-hybridized carbons (Fsp3) is 0.462. The zero-order chi connectivity index (χ0) is 12.3. The molecule has 0 aliphatic carbocycles. The van der Waals surface area contributed by atoms with Crippen molar-refractivity contribution in [2.24, 2.45) is 0 Å². The van der Waals surface area contributed by atoms with Gasteiger partial charge in [-0.1, -0.05) is 6.92 Å². The Balaban J connectivity index is 2.00. The molecule has 2 unspecified atom stereocenters. The molecule has 0 spiro atoms. The summed E-state index contributed by atoms with van der Waals surface area (Å²) in [6.07, 6.45) is 1.20. The van der Waals surface area contributed by atoms with E-state index in [1.54, 1.807) is 12.1 Å². The molecular weight excluding hydrogens is 234 g/mol. The predicted octanol–water partition coefficient (Wildman–Crippen LogP) is 2.78. The molecule has 1 aromatic carbocycles. The third kappa shape index (κ3) is 2.94. The summed E-state index contributed by atoms with van der Waals surface area (Å²) < 4.78 is 4.66. The molecule has 1 aliphatic rings. The highest BCUT2D eigenvalue weighted by atomic mass is 32.2. The number of methoxy groups -OCH3 is 1. The van der Waals surface area contributed by atoms with Gasteiger partial charge < -0.3 is 10.1 Å². The Morgan fingerprint density at radius 2 is 2.12 bits per heavy atom. The average molecular weight is 251 g/mol. The van der Waals surface area contributed by atoms with Crippen LogP contribution < -0.4 is 5.32 Å². The quantitative estimate of drug-likeness (QED) is 0.838. The van der Waals surface area contributed by atoms with E-state index in [1.807, 2.05) is 23.9 Å². The minimum Gasteiger partial charge on any atom is -0.465 e. The van der Waals surface area contributed by atoms with Crippen molar-refractivity contribution in [1.29, 1.82) is 0 Å². The van der Waals surface area contributed by atoms with Crippen LogP contribution in [0, 0.1) is 0 Å². The lowest BCUT2D eigenvalue weighted by Gasteiger charge is -2.17. The number of hydrogen-bond donors (Lipinski definition) is 1. The number of anilines is 1. The largest absolute Gasteiger partial charge is 0.465 e. The van der Waals surface area contributed by atoms with Gasteiger partial charge in [0, 0.05) is 17.0 Å². The summed E-state index contributed by atoms with van der Waals surface area (Å²) in [6, 6.07) is 7.98. The molecule has 0 radical (unpaired) electrons. The van der Waals surface area contributed by atoms with E-state index in [4.69, 9.17) is 0 Å². The zero-order valence-electron chi connectivity index (χ0n) is 10.1. The second kappa shape index (κ2) is 5.45. The van der Waals surface area contributed by atoms with E-state index >= 15 is 0 Å². The molecule has 17 heavy (non-hydrogen) atoms. The summed E-state index contributed by atoms with van der Waals surface area (Å²) in [4.78, 5) is 11.3. The van der Waals surface area contributed by atoms with E-state index in [9.17, 15) is 4.79 Å². The van der Waals surface area contributed by atoms with Crippen LogP contribution in [0.5, 0.6) is 0 Å². The second-order valence-corrected chi connectivity index (χ2v) is 5.67. The third-order valence-corrected chi connectivity index (χ3v) is 4.36. The standard InChI is InChI=1S/C13H17NO2S/c1-9-12(7-8-17-9)14-11-5-3-10(4-6-11)13(15)16-2/h3-6,9,12,14H,7-8H2,1-2H3. The van der Waals surface area contributed by atoms with E-state index < -0.39 is 0 Å². The van der Waals surface area contributed by atoms with Gasteiger partial charge in [0.2, 0.25) is 0 Å². The van der Waals surface area contributed by atoms with Crippen molar-refractivity contribution in [2.45, 2.75) is 24.6 Å². The number of nitrogens with one attached hydrogen (secondary N) is 1. The molecular formula is C13H17NO2S. The summed E-state index contributed by atoms with van der Waals surface area (Å²) >= 11 is 2.00. The van der Waals surface area contributed by atoms with Gasteiger partial charge in [-0.15, -0.1) is 0 Å². The van der Waals surface area contributed by atoms with Crippen molar-refractivity contribution < 1.29 is 9.53 Å². The topological polar surface area (TPSA) is 38.3 Å². The van der Waals surface area contributed by atoms with E-state index in [0.717, 1.165) is 5.69 Å². The molecule has 0 saturated carbocycles. The van der Waals surface area contributed by atoms with Crippen molar-refractivity contribution in [1.82, 2.24) is 0 Å². The number of carbonyl (C=O) groups excluding carboxylic acids is 1. The Morgan fingerprint density at radius 1 is 1.41 bits per heavy atom.